The quantitative estimate of drug-likeness (QED) is 0.215. The fourth-order valence-electron chi connectivity index (χ4n) is 0.845. The van der Waals surface area contributed by atoms with Gasteiger partial charge in [-0.05, 0) is 16.9 Å². The third kappa shape index (κ3) is 7.83. The van der Waals surface area contributed by atoms with Crippen LogP contribution >= 0.6 is 0 Å². The molecule has 0 aromatic carbocycles. The highest BCUT2D eigenvalue weighted by atomic mass is 32.4. The van der Waals surface area contributed by atoms with E-state index in [9.17, 15) is 8.42 Å². The van der Waals surface area contributed by atoms with E-state index < -0.39 is 18.1 Å². The van der Waals surface area contributed by atoms with E-state index in [4.69, 9.17) is 5.53 Å². The van der Waals surface area contributed by atoms with E-state index in [1.807, 2.05) is 0 Å². The van der Waals surface area contributed by atoms with Crippen LogP contribution < -0.4 is 0 Å². The Balaban J connectivity index is 3.70. The van der Waals surface area contributed by atoms with Gasteiger partial charge in [-0.2, -0.15) is 0 Å². The van der Waals surface area contributed by atoms with Crippen LogP contribution in [0, 0.1) is 0 Å². The number of azide groups is 1. The van der Waals surface area contributed by atoms with Gasteiger partial charge in [0, 0.05) is 5.75 Å². The highest BCUT2D eigenvalue weighted by Crippen LogP contribution is 2.01. The normalized spacial score (nSPS) is 10.8. The zero-order valence-corrected chi connectivity index (χ0v) is 9.42. The van der Waals surface area contributed by atoms with Gasteiger partial charge in [0.2, 0.25) is 0 Å². The molecule has 0 unspecified atom stereocenters. The second-order valence-electron chi connectivity index (χ2n) is 2.66. The molecule has 0 aliphatic carbocycles. The van der Waals surface area contributed by atoms with Gasteiger partial charge in [-0.3, -0.25) is 0 Å². The van der Waals surface area contributed by atoms with Gasteiger partial charge in [-0.15, -0.1) is 4.78 Å². The Morgan fingerprint density at radius 2 is 2.08 bits per heavy atom. The van der Waals surface area contributed by atoms with Gasteiger partial charge in [-0.25, -0.2) is 8.42 Å². The third-order valence-electron chi connectivity index (χ3n) is 1.49. The molecule has 7 heteroatoms. The van der Waals surface area contributed by atoms with Crippen molar-refractivity contribution < 1.29 is 8.42 Å². The van der Waals surface area contributed by atoms with Crippen molar-refractivity contribution in [1.29, 1.82) is 0 Å². The molecule has 0 aromatic heterocycles. The van der Waals surface area contributed by atoms with Gasteiger partial charge in [0.1, 0.15) is 9.29 Å². The summed E-state index contributed by atoms with van der Waals surface area (Å²) in [6, 6.07) is 0. The van der Waals surface area contributed by atoms with Crippen LogP contribution in [0.5, 0.6) is 0 Å². The first-order valence-electron chi connectivity index (χ1n) is 4.16. The first-order chi connectivity index (χ1) is 6.12. The lowest BCUT2D eigenvalue weighted by atomic mass is 10.2. The van der Waals surface area contributed by atoms with Gasteiger partial charge >= 0.3 is 8.83 Å². The van der Waals surface area contributed by atoms with E-state index >= 15 is 0 Å². The van der Waals surface area contributed by atoms with Gasteiger partial charge in [0.15, 0.2) is 0 Å². The highest BCUT2D eigenvalue weighted by Gasteiger charge is 2.09. The molecular formula is C6H13N3O2SSi. The fourth-order valence-corrected chi connectivity index (χ4v) is 2.87. The zero-order valence-electron chi connectivity index (χ0n) is 7.60. The second-order valence-corrected chi connectivity index (χ2v) is 7.09. The van der Waals surface area contributed by atoms with Crippen LogP contribution in [0.25, 0.3) is 10.4 Å². The van der Waals surface area contributed by atoms with Crippen molar-refractivity contribution in [2.45, 2.75) is 32.6 Å². The summed E-state index contributed by atoms with van der Waals surface area (Å²) < 4.78 is 25.3. The van der Waals surface area contributed by atoms with Crippen molar-refractivity contribution in [2.24, 2.45) is 4.78 Å². The first-order valence-corrected chi connectivity index (χ1v) is 7.48. The first kappa shape index (κ1) is 12.5. The van der Waals surface area contributed by atoms with Crippen molar-refractivity contribution >= 4 is 18.1 Å². The van der Waals surface area contributed by atoms with Crippen molar-refractivity contribution in [3.8, 4) is 0 Å². The summed E-state index contributed by atoms with van der Waals surface area (Å²) in [4.78, 5) is 2.42. The Bertz CT molecular complexity index is 272. The Hall–Kier alpha value is -0.523. The molecule has 0 amide bonds. The maximum absolute atomic E-state index is 11.1. The molecule has 0 saturated heterocycles. The standard InChI is InChI=1S/C6H13N3O2SSi/c1-2-3-4-5-6-12(10,11)13-9-8-7/h2-6H2,1H3. The molecule has 0 aliphatic heterocycles. The molecule has 0 bridgehead atoms. The Morgan fingerprint density at radius 3 is 2.62 bits per heavy atom. The largest absolute Gasteiger partial charge is 0.318 e. The van der Waals surface area contributed by atoms with Crippen LogP contribution in [0.3, 0.4) is 0 Å². The van der Waals surface area contributed by atoms with E-state index in [1.54, 1.807) is 0 Å². The summed E-state index contributed by atoms with van der Waals surface area (Å²) in [7, 11) is -3.77. The van der Waals surface area contributed by atoms with Gasteiger partial charge in [-0.1, -0.05) is 26.2 Å². The summed E-state index contributed by atoms with van der Waals surface area (Å²) in [6.45, 7) is 2.07. The van der Waals surface area contributed by atoms with Crippen LogP contribution in [0.4, 0.5) is 0 Å². The third-order valence-corrected chi connectivity index (χ3v) is 4.46. The van der Waals surface area contributed by atoms with Crippen molar-refractivity contribution in [3.63, 3.8) is 0 Å². The SMILES string of the molecule is CCCCCCS(=O)(=O)[Si]N=[N+]=[N-]. The number of hydrogen-bond donors (Lipinski definition) is 0. The summed E-state index contributed by atoms with van der Waals surface area (Å²) in [5, 5.41) is 0. The van der Waals surface area contributed by atoms with Crippen LogP contribution in [-0.2, 0) is 9.29 Å². The molecule has 0 aromatic rings. The molecule has 2 radical (unpaired) electrons. The fraction of sp³-hybridized carbons (Fsp3) is 1.00. The second kappa shape index (κ2) is 6.94. The molecule has 0 N–H and O–H groups in total. The highest BCUT2D eigenvalue weighted by molar-refractivity contribution is 8.15. The van der Waals surface area contributed by atoms with E-state index in [2.05, 4.69) is 16.6 Å². The van der Waals surface area contributed by atoms with Crippen molar-refractivity contribution in [3.05, 3.63) is 10.4 Å². The maximum Gasteiger partial charge on any atom is 0.318 e. The molecular weight excluding hydrogens is 206 g/mol. The van der Waals surface area contributed by atoms with E-state index in [0.29, 0.717) is 6.42 Å². The van der Waals surface area contributed by atoms with Gasteiger partial charge in [0.25, 0.3) is 0 Å². The molecule has 5 nitrogen and oxygen atoms in total. The topological polar surface area (TPSA) is 82.9 Å². The van der Waals surface area contributed by atoms with Crippen LogP contribution in [0.2, 0.25) is 0 Å². The lowest BCUT2D eigenvalue weighted by Crippen LogP contribution is -2.12. The number of rotatable bonds is 7. The number of hydrogen-bond acceptors (Lipinski definition) is 3. The molecule has 0 fully saturated rings. The van der Waals surface area contributed by atoms with Gasteiger partial charge in [0.05, 0.1) is 0 Å². The van der Waals surface area contributed by atoms with Crippen molar-refractivity contribution in [2.75, 3.05) is 5.75 Å². The van der Waals surface area contributed by atoms with Crippen molar-refractivity contribution in [1.82, 2.24) is 0 Å². The predicted octanol–water partition coefficient (Wildman–Crippen LogP) is 1.83. The minimum atomic E-state index is -3.12. The Kier molecular flexibility index (Phi) is 6.66. The average Bonchev–Trinajstić information content (AvgIpc) is 2.09. The summed E-state index contributed by atoms with van der Waals surface area (Å²) in [5.41, 5.74) is 7.94. The molecule has 0 saturated carbocycles. The molecule has 13 heavy (non-hydrogen) atoms. The van der Waals surface area contributed by atoms with Crippen LogP contribution in [-0.4, -0.2) is 23.0 Å². The smallest absolute Gasteiger partial charge is 0.237 e. The molecule has 74 valence electrons. The van der Waals surface area contributed by atoms with Gasteiger partial charge < -0.3 is 0 Å². The molecule has 0 atom stereocenters. The lowest BCUT2D eigenvalue weighted by molar-refractivity contribution is 0.601. The lowest BCUT2D eigenvalue weighted by Gasteiger charge is -1.98. The minimum absolute atomic E-state index is 0.143. The zero-order chi connectivity index (χ0) is 10.2. The Morgan fingerprint density at radius 1 is 1.38 bits per heavy atom. The predicted molar refractivity (Wildman–Crippen MR) is 52.8 cm³/mol. The average molecular weight is 219 g/mol. The van der Waals surface area contributed by atoms with Crippen LogP contribution in [0.15, 0.2) is 4.78 Å². The molecule has 0 spiro atoms. The van der Waals surface area contributed by atoms with E-state index in [1.165, 1.54) is 0 Å². The molecule has 0 rings (SSSR count). The Labute approximate surface area is 80.6 Å². The summed E-state index contributed by atoms with van der Waals surface area (Å²) in [6.07, 6.45) is 3.74. The monoisotopic (exact) mass is 219 g/mol. The van der Waals surface area contributed by atoms with Crippen LogP contribution in [0.1, 0.15) is 32.6 Å². The molecule has 0 heterocycles. The minimum Gasteiger partial charge on any atom is -0.237 e. The van der Waals surface area contributed by atoms with E-state index in [-0.39, 0.29) is 5.75 Å². The number of nitrogens with zero attached hydrogens (tertiary/aromatic N) is 3. The summed E-state index contributed by atoms with van der Waals surface area (Å²) >= 11 is 0. The molecule has 0 aliphatic rings. The maximum atomic E-state index is 11.1. The van der Waals surface area contributed by atoms with E-state index in [0.717, 1.165) is 19.3 Å². The number of unbranched alkanes of at least 4 members (excludes halogenated alkanes) is 3. The summed E-state index contributed by atoms with van der Waals surface area (Å²) in [5.74, 6) is 0.143.